The van der Waals surface area contributed by atoms with Crippen LogP contribution in [0.1, 0.15) is 42.5 Å². The molecule has 3 rings (SSSR count). The second kappa shape index (κ2) is 8.51. The number of hydrogen-bond donors (Lipinski definition) is 1. The second-order valence-corrected chi connectivity index (χ2v) is 6.28. The molecule has 0 aliphatic carbocycles. The number of nitrogens with zero attached hydrogens (tertiary/aromatic N) is 2. The minimum Gasteiger partial charge on any atom is -0.495 e. The number of rotatable bonds is 4. The van der Waals surface area contributed by atoms with Crippen LogP contribution in [0.5, 0.6) is 5.75 Å². The summed E-state index contributed by atoms with van der Waals surface area (Å²) in [5, 5.41) is 3.26. The Labute approximate surface area is 149 Å². The van der Waals surface area contributed by atoms with Crippen LogP contribution in [0.4, 0.5) is 11.5 Å². The fourth-order valence-corrected chi connectivity index (χ4v) is 3.17. The van der Waals surface area contributed by atoms with Crippen molar-refractivity contribution in [3.63, 3.8) is 0 Å². The maximum atomic E-state index is 13.0. The number of likely N-dealkylation sites (tertiary alicyclic amines) is 1. The minimum atomic E-state index is 0.0485. The molecule has 5 heteroatoms. The fourth-order valence-electron chi connectivity index (χ4n) is 3.17. The molecule has 1 aromatic carbocycles. The van der Waals surface area contributed by atoms with E-state index in [1.807, 2.05) is 41.3 Å². The van der Waals surface area contributed by atoms with Crippen molar-refractivity contribution >= 4 is 17.4 Å². The van der Waals surface area contributed by atoms with Gasteiger partial charge < -0.3 is 15.0 Å². The predicted octanol–water partition coefficient (Wildman–Crippen LogP) is 4.24. The highest BCUT2D eigenvalue weighted by Gasteiger charge is 2.20. The molecule has 1 aromatic heterocycles. The monoisotopic (exact) mass is 339 g/mol. The lowest BCUT2D eigenvalue weighted by Crippen LogP contribution is -2.34. The summed E-state index contributed by atoms with van der Waals surface area (Å²) < 4.78 is 5.38. The number of aromatic nitrogens is 1. The van der Waals surface area contributed by atoms with Gasteiger partial charge in [0, 0.05) is 19.3 Å². The van der Waals surface area contributed by atoms with E-state index in [1.165, 1.54) is 19.3 Å². The van der Waals surface area contributed by atoms with Gasteiger partial charge in [0.1, 0.15) is 11.6 Å². The van der Waals surface area contributed by atoms with Crippen molar-refractivity contribution in [2.45, 2.75) is 32.1 Å². The summed E-state index contributed by atoms with van der Waals surface area (Å²) in [6, 6.07) is 11.3. The molecule has 1 aliphatic heterocycles. The van der Waals surface area contributed by atoms with E-state index in [9.17, 15) is 4.79 Å². The number of carbonyl (C=O) groups excluding carboxylic acids is 1. The highest BCUT2D eigenvalue weighted by molar-refractivity contribution is 5.99. The maximum absolute atomic E-state index is 13.0. The van der Waals surface area contributed by atoms with Gasteiger partial charge in [-0.15, -0.1) is 0 Å². The van der Waals surface area contributed by atoms with Crippen LogP contribution in [0.25, 0.3) is 0 Å². The molecule has 1 N–H and O–H groups in total. The van der Waals surface area contributed by atoms with Crippen LogP contribution in [-0.2, 0) is 0 Å². The van der Waals surface area contributed by atoms with Gasteiger partial charge in [0.2, 0.25) is 0 Å². The number of nitrogens with one attached hydrogen (secondary N) is 1. The molecule has 2 aromatic rings. The summed E-state index contributed by atoms with van der Waals surface area (Å²) >= 11 is 0. The number of amides is 1. The Hall–Kier alpha value is -2.56. The second-order valence-electron chi connectivity index (χ2n) is 6.28. The third-order valence-corrected chi connectivity index (χ3v) is 4.54. The fraction of sp³-hybridized carbons (Fsp3) is 0.400. The van der Waals surface area contributed by atoms with Gasteiger partial charge in [0.25, 0.3) is 5.91 Å². The predicted molar refractivity (Wildman–Crippen MR) is 99.5 cm³/mol. The highest BCUT2D eigenvalue weighted by atomic mass is 16.5. The Bertz CT molecular complexity index is 710. The number of carbonyl (C=O) groups is 1. The third kappa shape index (κ3) is 4.29. The Morgan fingerprint density at radius 2 is 1.76 bits per heavy atom. The summed E-state index contributed by atoms with van der Waals surface area (Å²) in [6.45, 7) is 1.64. The van der Waals surface area contributed by atoms with Gasteiger partial charge in [0.15, 0.2) is 0 Å². The number of pyridine rings is 1. The number of anilines is 2. The molecular formula is C20H25N3O2. The van der Waals surface area contributed by atoms with Gasteiger partial charge in [0.05, 0.1) is 18.4 Å². The number of benzene rings is 1. The van der Waals surface area contributed by atoms with Crippen molar-refractivity contribution < 1.29 is 9.53 Å². The zero-order valence-electron chi connectivity index (χ0n) is 14.7. The Morgan fingerprint density at radius 1 is 1.04 bits per heavy atom. The summed E-state index contributed by atoms with van der Waals surface area (Å²) in [5.74, 6) is 1.34. The molecular weight excluding hydrogens is 314 g/mol. The average molecular weight is 339 g/mol. The van der Waals surface area contributed by atoms with Gasteiger partial charge in [-0.05, 0) is 37.1 Å². The first kappa shape index (κ1) is 17.3. The van der Waals surface area contributed by atoms with Crippen molar-refractivity contribution in [3.05, 3.63) is 48.2 Å². The first-order valence-corrected chi connectivity index (χ1v) is 8.94. The molecule has 1 saturated heterocycles. The number of para-hydroxylation sites is 2. The molecule has 25 heavy (non-hydrogen) atoms. The van der Waals surface area contributed by atoms with Crippen molar-refractivity contribution in [3.8, 4) is 5.75 Å². The molecule has 0 bridgehead atoms. The molecule has 2 heterocycles. The van der Waals surface area contributed by atoms with E-state index in [2.05, 4.69) is 10.3 Å². The van der Waals surface area contributed by atoms with Crippen LogP contribution in [0.2, 0.25) is 0 Å². The zero-order chi connectivity index (χ0) is 17.5. The minimum absolute atomic E-state index is 0.0485. The lowest BCUT2D eigenvalue weighted by molar-refractivity contribution is 0.0743. The lowest BCUT2D eigenvalue weighted by atomic mass is 10.1. The number of hydrogen-bond acceptors (Lipinski definition) is 4. The van der Waals surface area contributed by atoms with E-state index in [4.69, 9.17) is 4.74 Å². The Balaban J connectivity index is 1.83. The molecule has 1 aliphatic rings. The maximum Gasteiger partial charge on any atom is 0.257 e. The van der Waals surface area contributed by atoms with Crippen LogP contribution in [0, 0.1) is 0 Å². The van der Waals surface area contributed by atoms with Gasteiger partial charge >= 0.3 is 0 Å². The van der Waals surface area contributed by atoms with Crippen molar-refractivity contribution in [2.24, 2.45) is 0 Å². The summed E-state index contributed by atoms with van der Waals surface area (Å²) in [7, 11) is 1.63. The summed E-state index contributed by atoms with van der Waals surface area (Å²) in [4.78, 5) is 19.4. The molecule has 132 valence electrons. The molecule has 0 saturated carbocycles. The van der Waals surface area contributed by atoms with Crippen molar-refractivity contribution in [1.29, 1.82) is 0 Å². The van der Waals surface area contributed by atoms with Crippen LogP contribution in [-0.4, -0.2) is 36.0 Å². The van der Waals surface area contributed by atoms with Gasteiger partial charge in [-0.1, -0.05) is 31.4 Å². The number of ether oxygens (including phenoxy) is 1. The Morgan fingerprint density at radius 3 is 2.52 bits per heavy atom. The van der Waals surface area contributed by atoms with Gasteiger partial charge in [-0.3, -0.25) is 4.79 Å². The molecule has 0 atom stereocenters. The zero-order valence-corrected chi connectivity index (χ0v) is 14.7. The largest absolute Gasteiger partial charge is 0.495 e. The SMILES string of the molecule is COc1ccccc1Nc1ncccc1C(=O)N1CCCCCCC1. The standard InChI is InChI=1S/C20H25N3O2/c1-25-18-12-6-5-11-17(18)22-19-16(10-9-13-21-19)20(24)23-14-7-3-2-4-8-15-23/h5-6,9-13H,2-4,7-8,14-15H2,1H3,(H,21,22). The summed E-state index contributed by atoms with van der Waals surface area (Å²) in [6.07, 6.45) is 7.51. The molecule has 0 radical (unpaired) electrons. The molecule has 0 spiro atoms. The molecule has 5 nitrogen and oxygen atoms in total. The third-order valence-electron chi connectivity index (χ3n) is 4.54. The topological polar surface area (TPSA) is 54.5 Å². The van der Waals surface area contributed by atoms with E-state index in [0.717, 1.165) is 37.4 Å². The smallest absolute Gasteiger partial charge is 0.257 e. The number of methoxy groups -OCH3 is 1. The van der Waals surface area contributed by atoms with Crippen LogP contribution < -0.4 is 10.1 Å². The van der Waals surface area contributed by atoms with Gasteiger partial charge in [-0.2, -0.15) is 0 Å². The average Bonchev–Trinajstić information content (AvgIpc) is 2.62. The van der Waals surface area contributed by atoms with E-state index in [1.54, 1.807) is 13.3 Å². The van der Waals surface area contributed by atoms with Crippen LogP contribution >= 0.6 is 0 Å². The van der Waals surface area contributed by atoms with Crippen molar-refractivity contribution in [2.75, 3.05) is 25.5 Å². The molecule has 0 unspecified atom stereocenters. The van der Waals surface area contributed by atoms with E-state index >= 15 is 0 Å². The van der Waals surface area contributed by atoms with Crippen LogP contribution in [0.15, 0.2) is 42.6 Å². The normalized spacial score (nSPS) is 15.2. The molecule has 1 amide bonds. The van der Waals surface area contributed by atoms with Crippen molar-refractivity contribution in [1.82, 2.24) is 9.88 Å². The first-order valence-electron chi connectivity index (χ1n) is 8.94. The highest BCUT2D eigenvalue weighted by Crippen LogP contribution is 2.28. The van der Waals surface area contributed by atoms with E-state index < -0.39 is 0 Å². The lowest BCUT2D eigenvalue weighted by Gasteiger charge is -2.25. The first-order chi connectivity index (χ1) is 12.3. The van der Waals surface area contributed by atoms with E-state index in [0.29, 0.717) is 11.4 Å². The van der Waals surface area contributed by atoms with E-state index in [-0.39, 0.29) is 5.91 Å². The quantitative estimate of drug-likeness (QED) is 0.905. The van der Waals surface area contributed by atoms with Gasteiger partial charge in [-0.25, -0.2) is 4.98 Å². The Kier molecular flexibility index (Phi) is 5.88. The van der Waals surface area contributed by atoms with Crippen LogP contribution in [0.3, 0.4) is 0 Å². The molecule has 1 fully saturated rings. The summed E-state index contributed by atoms with van der Waals surface area (Å²) in [5.41, 5.74) is 1.40.